The highest BCUT2D eigenvalue weighted by molar-refractivity contribution is 5.79. The van der Waals surface area contributed by atoms with E-state index in [-0.39, 0.29) is 17.9 Å². The minimum atomic E-state index is -0.147. The molecular weight excluding hydrogens is 252 g/mol. The van der Waals surface area contributed by atoms with Gasteiger partial charge in [0.05, 0.1) is 6.04 Å². The lowest BCUT2D eigenvalue weighted by molar-refractivity contribution is -0.125. The van der Waals surface area contributed by atoms with Gasteiger partial charge < -0.3 is 5.32 Å². The summed E-state index contributed by atoms with van der Waals surface area (Å²) in [7, 11) is 0. The van der Waals surface area contributed by atoms with Crippen LogP contribution in [-0.2, 0) is 4.79 Å². The van der Waals surface area contributed by atoms with Crippen LogP contribution < -0.4 is 5.32 Å². The average molecular weight is 270 g/mol. The first-order valence-electron chi connectivity index (χ1n) is 7.01. The Morgan fingerprint density at radius 3 is 3.10 bits per heavy atom. The van der Waals surface area contributed by atoms with E-state index in [0.29, 0.717) is 0 Å². The van der Waals surface area contributed by atoms with Gasteiger partial charge in [-0.25, -0.2) is 0 Å². The van der Waals surface area contributed by atoms with Crippen LogP contribution in [-0.4, -0.2) is 20.5 Å². The van der Waals surface area contributed by atoms with Crippen LogP contribution in [0.5, 0.6) is 0 Å². The predicted molar refractivity (Wildman–Crippen MR) is 76.0 cm³/mol. The van der Waals surface area contributed by atoms with Crippen LogP contribution in [0, 0.1) is 5.92 Å². The number of nitrogens with one attached hydrogen (secondary N) is 1. The molecule has 1 N–H and O–H groups in total. The summed E-state index contributed by atoms with van der Waals surface area (Å²) in [5, 5.41) is 11.3. The first kappa shape index (κ1) is 12.8. The number of aromatic nitrogens is 3. The van der Waals surface area contributed by atoms with Crippen molar-refractivity contribution in [3.05, 3.63) is 42.4 Å². The zero-order valence-electron chi connectivity index (χ0n) is 11.5. The van der Waals surface area contributed by atoms with Crippen molar-refractivity contribution in [2.24, 2.45) is 5.92 Å². The number of hydrogen-bond acceptors (Lipinski definition) is 3. The van der Waals surface area contributed by atoms with Crippen molar-refractivity contribution >= 4 is 11.6 Å². The summed E-state index contributed by atoms with van der Waals surface area (Å²) >= 11 is 0. The molecule has 0 fully saturated rings. The van der Waals surface area contributed by atoms with Crippen molar-refractivity contribution in [1.82, 2.24) is 19.9 Å². The van der Waals surface area contributed by atoms with Gasteiger partial charge in [0.15, 0.2) is 11.5 Å². The van der Waals surface area contributed by atoms with E-state index >= 15 is 0 Å². The molecule has 0 aromatic carbocycles. The molecule has 2 heterocycles. The van der Waals surface area contributed by atoms with E-state index < -0.39 is 0 Å². The molecule has 2 unspecified atom stereocenters. The van der Waals surface area contributed by atoms with Crippen LogP contribution in [0.2, 0.25) is 0 Å². The Labute approximate surface area is 117 Å². The zero-order valence-corrected chi connectivity index (χ0v) is 11.5. The highest BCUT2D eigenvalue weighted by Gasteiger charge is 2.22. The number of nitrogens with zero attached hydrogens (tertiary/aromatic N) is 3. The largest absolute Gasteiger partial charge is 0.346 e. The molecule has 1 aliphatic rings. The van der Waals surface area contributed by atoms with E-state index in [0.717, 1.165) is 30.7 Å². The Balaban J connectivity index is 1.74. The van der Waals surface area contributed by atoms with Crippen LogP contribution in [0.3, 0.4) is 0 Å². The Bertz CT molecular complexity index is 646. The minimum absolute atomic E-state index is 0.0848. The van der Waals surface area contributed by atoms with Gasteiger partial charge in [0, 0.05) is 12.1 Å². The van der Waals surface area contributed by atoms with Crippen LogP contribution in [0.1, 0.15) is 38.1 Å². The molecule has 5 heteroatoms. The molecule has 104 valence electrons. The van der Waals surface area contributed by atoms with Crippen molar-refractivity contribution in [1.29, 1.82) is 0 Å². The Morgan fingerprint density at radius 2 is 2.30 bits per heavy atom. The van der Waals surface area contributed by atoms with E-state index in [2.05, 4.69) is 27.7 Å². The summed E-state index contributed by atoms with van der Waals surface area (Å²) in [6.07, 6.45) is 8.88. The van der Waals surface area contributed by atoms with Gasteiger partial charge in [0.25, 0.3) is 0 Å². The molecule has 2 aromatic heterocycles. The van der Waals surface area contributed by atoms with Gasteiger partial charge in [-0.2, -0.15) is 0 Å². The molecule has 2 aromatic rings. The van der Waals surface area contributed by atoms with Gasteiger partial charge in [-0.05, 0) is 38.3 Å². The van der Waals surface area contributed by atoms with Gasteiger partial charge in [-0.15, -0.1) is 10.2 Å². The SMILES string of the molecule is CC(NC(=O)C1CC=CCC1)c1nnc2ccccn12. The lowest BCUT2D eigenvalue weighted by atomic mass is 9.93. The second-order valence-electron chi connectivity index (χ2n) is 5.20. The lowest BCUT2D eigenvalue weighted by Gasteiger charge is -2.20. The Hall–Kier alpha value is -2.17. The average Bonchev–Trinajstić information content (AvgIpc) is 2.92. The minimum Gasteiger partial charge on any atom is -0.346 e. The normalized spacial score (nSPS) is 19.9. The summed E-state index contributed by atoms with van der Waals surface area (Å²) in [6.45, 7) is 1.94. The second-order valence-corrected chi connectivity index (χ2v) is 5.20. The molecule has 0 bridgehead atoms. The number of rotatable bonds is 3. The first-order chi connectivity index (χ1) is 9.75. The molecule has 0 saturated carbocycles. The van der Waals surface area contributed by atoms with E-state index in [1.807, 2.05) is 35.7 Å². The maximum absolute atomic E-state index is 12.2. The number of allylic oxidation sites excluding steroid dienone is 2. The molecule has 2 atom stereocenters. The number of amides is 1. The van der Waals surface area contributed by atoms with Crippen molar-refractivity contribution in [3.8, 4) is 0 Å². The molecule has 3 rings (SSSR count). The maximum Gasteiger partial charge on any atom is 0.224 e. The van der Waals surface area contributed by atoms with Crippen molar-refractivity contribution in [3.63, 3.8) is 0 Å². The lowest BCUT2D eigenvalue weighted by Crippen LogP contribution is -2.34. The number of carbonyl (C=O) groups excluding carboxylic acids is 1. The number of hydrogen-bond donors (Lipinski definition) is 1. The summed E-state index contributed by atoms with van der Waals surface area (Å²) in [5.74, 6) is 0.955. The predicted octanol–water partition coefficient (Wildman–Crippen LogP) is 2.26. The quantitative estimate of drug-likeness (QED) is 0.870. The van der Waals surface area contributed by atoms with Gasteiger partial charge in [-0.3, -0.25) is 9.20 Å². The van der Waals surface area contributed by atoms with E-state index in [4.69, 9.17) is 0 Å². The van der Waals surface area contributed by atoms with Crippen LogP contribution in [0.25, 0.3) is 5.65 Å². The fourth-order valence-corrected chi connectivity index (χ4v) is 2.58. The maximum atomic E-state index is 12.2. The van der Waals surface area contributed by atoms with Crippen molar-refractivity contribution < 1.29 is 4.79 Å². The monoisotopic (exact) mass is 270 g/mol. The van der Waals surface area contributed by atoms with E-state index in [1.165, 1.54) is 0 Å². The third kappa shape index (κ3) is 2.43. The van der Waals surface area contributed by atoms with Crippen molar-refractivity contribution in [2.45, 2.75) is 32.2 Å². The highest BCUT2D eigenvalue weighted by atomic mass is 16.1. The molecule has 0 saturated heterocycles. The summed E-state index contributed by atoms with van der Waals surface area (Å²) in [4.78, 5) is 12.2. The van der Waals surface area contributed by atoms with Gasteiger partial charge in [0.1, 0.15) is 0 Å². The third-order valence-electron chi connectivity index (χ3n) is 3.73. The third-order valence-corrected chi connectivity index (χ3v) is 3.73. The van der Waals surface area contributed by atoms with Gasteiger partial charge in [0.2, 0.25) is 5.91 Å². The van der Waals surface area contributed by atoms with E-state index in [1.54, 1.807) is 0 Å². The smallest absolute Gasteiger partial charge is 0.224 e. The fourth-order valence-electron chi connectivity index (χ4n) is 2.58. The topological polar surface area (TPSA) is 59.3 Å². The van der Waals surface area contributed by atoms with Gasteiger partial charge >= 0.3 is 0 Å². The van der Waals surface area contributed by atoms with E-state index in [9.17, 15) is 4.79 Å². The highest BCUT2D eigenvalue weighted by Crippen LogP contribution is 2.20. The molecule has 20 heavy (non-hydrogen) atoms. The molecule has 1 aliphatic carbocycles. The molecule has 5 nitrogen and oxygen atoms in total. The molecule has 1 amide bonds. The van der Waals surface area contributed by atoms with Crippen molar-refractivity contribution in [2.75, 3.05) is 0 Å². The Morgan fingerprint density at radius 1 is 1.40 bits per heavy atom. The number of fused-ring (bicyclic) bond motifs is 1. The molecular formula is C15H18N4O. The summed E-state index contributed by atoms with van der Waals surface area (Å²) in [5.41, 5.74) is 0.796. The standard InChI is InChI=1S/C15H18N4O/c1-11(16-15(20)12-7-3-2-4-8-12)14-18-17-13-9-5-6-10-19(13)14/h2-3,5-6,9-12H,4,7-8H2,1H3,(H,16,20). The zero-order chi connectivity index (χ0) is 13.9. The summed E-state index contributed by atoms with van der Waals surface area (Å²) < 4.78 is 1.91. The molecule has 0 aliphatic heterocycles. The van der Waals surface area contributed by atoms with Crippen LogP contribution >= 0.6 is 0 Å². The van der Waals surface area contributed by atoms with Gasteiger partial charge in [-0.1, -0.05) is 18.2 Å². The molecule has 0 spiro atoms. The second kappa shape index (κ2) is 5.45. The fraction of sp³-hybridized carbons (Fsp3) is 0.400. The molecule has 0 radical (unpaired) electrons. The summed E-state index contributed by atoms with van der Waals surface area (Å²) in [6, 6.07) is 5.61. The number of carbonyl (C=O) groups is 1. The first-order valence-corrected chi connectivity index (χ1v) is 7.01. The number of pyridine rings is 1. The Kier molecular flexibility index (Phi) is 3.50. The van der Waals surface area contributed by atoms with Crippen LogP contribution in [0.4, 0.5) is 0 Å². The van der Waals surface area contributed by atoms with Crippen LogP contribution in [0.15, 0.2) is 36.5 Å².